The number of fused-ring (bicyclic) bond motifs is 1. The van der Waals surface area contributed by atoms with Gasteiger partial charge in [-0.05, 0) is 35.0 Å². The molecule has 0 saturated heterocycles. The molecule has 23 heavy (non-hydrogen) atoms. The lowest BCUT2D eigenvalue weighted by molar-refractivity contribution is 0.530. The first-order valence-electron chi connectivity index (χ1n) is 7.24. The highest BCUT2D eigenvalue weighted by Gasteiger charge is 2.13. The molecule has 0 amide bonds. The topological polar surface area (TPSA) is 59.3 Å². The van der Waals surface area contributed by atoms with Gasteiger partial charge in [-0.1, -0.05) is 30.3 Å². The predicted molar refractivity (Wildman–Crippen MR) is 94.0 cm³/mol. The Bertz CT molecular complexity index is 874. The number of nitrogens with one attached hydrogen (secondary N) is 1. The molecule has 0 aliphatic carbocycles. The first kappa shape index (κ1) is 16.1. The van der Waals surface area contributed by atoms with Gasteiger partial charge in [-0.15, -0.1) is 0 Å². The molecule has 1 N–H and O–H groups in total. The minimum atomic E-state index is -3.47. The van der Waals surface area contributed by atoms with Crippen LogP contribution in [0.4, 0.5) is 0 Å². The second-order valence-corrected chi connectivity index (χ2v) is 7.91. The third kappa shape index (κ3) is 4.16. The molecule has 1 aromatic heterocycles. The zero-order chi connectivity index (χ0) is 16.1. The molecule has 0 spiro atoms. The normalized spacial score (nSPS) is 11.8. The number of rotatable bonds is 7. The van der Waals surface area contributed by atoms with Crippen LogP contribution in [-0.2, 0) is 15.8 Å². The number of thioether (sulfide) groups is 1. The van der Waals surface area contributed by atoms with Crippen molar-refractivity contribution in [1.82, 2.24) is 4.72 Å². The van der Waals surface area contributed by atoms with Gasteiger partial charge in [-0.25, -0.2) is 13.1 Å². The van der Waals surface area contributed by atoms with Crippen molar-refractivity contribution in [2.45, 2.75) is 10.6 Å². The number of hydrogen-bond donors (Lipinski definition) is 1. The molecule has 0 fully saturated rings. The van der Waals surface area contributed by atoms with E-state index < -0.39 is 10.0 Å². The van der Waals surface area contributed by atoms with Gasteiger partial charge in [-0.3, -0.25) is 0 Å². The van der Waals surface area contributed by atoms with Crippen LogP contribution in [0.5, 0.6) is 0 Å². The van der Waals surface area contributed by atoms with Crippen LogP contribution in [-0.4, -0.2) is 20.7 Å². The molecule has 3 rings (SSSR count). The van der Waals surface area contributed by atoms with Crippen molar-refractivity contribution < 1.29 is 12.8 Å². The van der Waals surface area contributed by atoms with Gasteiger partial charge in [0.2, 0.25) is 10.0 Å². The van der Waals surface area contributed by atoms with Crippen LogP contribution in [0, 0.1) is 0 Å². The zero-order valence-corrected chi connectivity index (χ0v) is 14.1. The molecule has 0 aliphatic heterocycles. The van der Waals surface area contributed by atoms with Crippen LogP contribution >= 0.6 is 11.8 Å². The van der Waals surface area contributed by atoms with Crippen molar-refractivity contribution in [3.8, 4) is 0 Å². The zero-order valence-electron chi connectivity index (χ0n) is 12.4. The maximum atomic E-state index is 12.3. The first-order chi connectivity index (χ1) is 11.1. The Morgan fingerprint density at radius 1 is 1.00 bits per heavy atom. The van der Waals surface area contributed by atoms with Crippen LogP contribution in [0.2, 0.25) is 0 Å². The summed E-state index contributed by atoms with van der Waals surface area (Å²) in [5.74, 6) is 2.32. The second-order valence-electron chi connectivity index (χ2n) is 5.04. The van der Waals surface area contributed by atoms with Crippen LogP contribution < -0.4 is 4.72 Å². The summed E-state index contributed by atoms with van der Waals surface area (Å²) in [6.07, 6.45) is 1.64. The van der Waals surface area contributed by atoms with E-state index in [0.29, 0.717) is 17.2 Å². The van der Waals surface area contributed by atoms with E-state index in [1.54, 1.807) is 30.2 Å². The third-order valence-electron chi connectivity index (χ3n) is 3.39. The Kier molecular flexibility index (Phi) is 5.05. The SMILES string of the molecule is O=S(=O)(NCCSCc1ccco1)c1ccc2ccccc2c1. The van der Waals surface area contributed by atoms with Gasteiger partial charge in [0.15, 0.2) is 0 Å². The molecule has 0 saturated carbocycles. The highest BCUT2D eigenvalue weighted by Crippen LogP contribution is 2.19. The molecule has 3 aromatic rings. The van der Waals surface area contributed by atoms with Crippen molar-refractivity contribution in [3.05, 3.63) is 66.6 Å². The number of sulfonamides is 1. The van der Waals surface area contributed by atoms with Crippen LogP contribution in [0.3, 0.4) is 0 Å². The van der Waals surface area contributed by atoms with E-state index >= 15 is 0 Å². The van der Waals surface area contributed by atoms with E-state index in [9.17, 15) is 8.42 Å². The van der Waals surface area contributed by atoms with E-state index in [0.717, 1.165) is 22.3 Å². The molecule has 0 unspecified atom stereocenters. The van der Waals surface area contributed by atoms with Gasteiger partial charge in [0, 0.05) is 12.3 Å². The highest BCUT2D eigenvalue weighted by atomic mass is 32.2. The van der Waals surface area contributed by atoms with Gasteiger partial charge in [0.1, 0.15) is 5.76 Å². The molecule has 2 aromatic carbocycles. The summed E-state index contributed by atoms with van der Waals surface area (Å²) in [6, 6.07) is 16.6. The first-order valence-corrected chi connectivity index (χ1v) is 9.87. The van der Waals surface area contributed by atoms with Crippen LogP contribution in [0.1, 0.15) is 5.76 Å². The molecular formula is C17H17NO3S2. The van der Waals surface area contributed by atoms with E-state index in [-0.39, 0.29) is 0 Å². The predicted octanol–water partition coefficient (Wildman–Crippen LogP) is 3.64. The minimum absolute atomic E-state index is 0.298. The summed E-state index contributed by atoms with van der Waals surface area (Å²) >= 11 is 1.63. The molecule has 0 atom stereocenters. The molecule has 120 valence electrons. The number of hydrogen-bond acceptors (Lipinski definition) is 4. The smallest absolute Gasteiger partial charge is 0.240 e. The summed E-state index contributed by atoms with van der Waals surface area (Å²) < 4.78 is 32.5. The Hall–Kier alpha value is -1.76. The Morgan fingerprint density at radius 3 is 2.61 bits per heavy atom. The van der Waals surface area contributed by atoms with E-state index in [1.165, 1.54) is 0 Å². The molecule has 0 radical (unpaired) electrons. The highest BCUT2D eigenvalue weighted by molar-refractivity contribution is 7.98. The monoisotopic (exact) mass is 347 g/mol. The van der Waals surface area contributed by atoms with Gasteiger partial charge in [-0.2, -0.15) is 11.8 Å². The minimum Gasteiger partial charge on any atom is -0.468 e. The number of benzene rings is 2. The lowest BCUT2D eigenvalue weighted by Gasteiger charge is -2.07. The second kappa shape index (κ2) is 7.21. The Morgan fingerprint density at radius 2 is 1.83 bits per heavy atom. The Balaban J connectivity index is 1.57. The van der Waals surface area contributed by atoms with Crippen LogP contribution in [0.15, 0.2) is 70.2 Å². The van der Waals surface area contributed by atoms with Crippen LogP contribution in [0.25, 0.3) is 10.8 Å². The Labute approximate surface area is 139 Å². The average molecular weight is 347 g/mol. The van der Waals surface area contributed by atoms with Crippen molar-refractivity contribution in [2.24, 2.45) is 0 Å². The summed E-state index contributed by atoms with van der Waals surface area (Å²) in [5.41, 5.74) is 0. The molecule has 0 bridgehead atoms. The van der Waals surface area contributed by atoms with E-state index in [2.05, 4.69) is 4.72 Å². The number of furan rings is 1. The fraction of sp³-hybridized carbons (Fsp3) is 0.176. The van der Waals surface area contributed by atoms with Crippen molar-refractivity contribution >= 4 is 32.6 Å². The molecule has 4 nitrogen and oxygen atoms in total. The quantitative estimate of drug-likeness (QED) is 0.663. The van der Waals surface area contributed by atoms with Gasteiger partial charge in [0.05, 0.1) is 16.9 Å². The molecule has 1 heterocycles. The van der Waals surface area contributed by atoms with Crippen molar-refractivity contribution in [3.63, 3.8) is 0 Å². The summed E-state index contributed by atoms with van der Waals surface area (Å²) in [5, 5.41) is 1.95. The lowest BCUT2D eigenvalue weighted by atomic mass is 10.1. The van der Waals surface area contributed by atoms with E-state index in [1.807, 2.05) is 42.5 Å². The standard InChI is InChI=1S/C17H17NO3S2/c19-23(20,18-9-11-22-13-16-6-3-10-21-16)17-8-7-14-4-1-2-5-15(14)12-17/h1-8,10,12,18H,9,11,13H2. The summed E-state index contributed by atoms with van der Waals surface area (Å²) in [6.45, 7) is 0.389. The fourth-order valence-corrected chi connectivity index (χ4v) is 4.19. The lowest BCUT2D eigenvalue weighted by Crippen LogP contribution is -2.26. The molecular weight excluding hydrogens is 330 g/mol. The third-order valence-corrected chi connectivity index (χ3v) is 5.83. The maximum absolute atomic E-state index is 12.3. The van der Waals surface area contributed by atoms with E-state index in [4.69, 9.17) is 4.42 Å². The average Bonchev–Trinajstić information content (AvgIpc) is 3.07. The summed E-state index contributed by atoms with van der Waals surface area (Å²) in [4.78, 5) is 0.298. The largest absolute Gasteiger partial charge is 0.468 e. The van der Waals surface area contributed by atoms with Gasteiger partial charge < -0.3 is 4.42 Å². The van der Waals surface area contributed by atoms with Crippen molar-refractivity contribution in [1.29, 1.82) is 0 Å². The summed E-state index contributed by atoms with van der Waals surface area (Å²) in [7, 11) is -3.47. The van der Waals surface area contributed by atoms with Gasteiger partial charge >= 0.3 is 0 Å². The van der Waals surface area contributed by atoms with Crippen molar-refractivity contribution in [2.75, 3.05) is 12.3 Å². The molecule has 6 heteroatoms. The van der Waals surface area contributed by atoms with Gasteiger partial charge in [0.25, 0.3) is 0 Å². The fourth-order valence-electron chi connectivity index (χ4n) is 2.23. The molecule has 0 aliphatic rings. The maximum Gasteiger partial charge on any atom is 0.240 e.